The van der Waals surface area contributed by atoms with Crippen molar-refractivity contribution in [3.63, 3.8) is 0 Å². The number of hydrogen-bond donors (Lipinski definition) is 0. The largest absolute Gasteiger partial charge is 0.296 e. The molecule has 4 heteroatoms. The summed E-state index contributed by atoms with van der Waals surface area (Å²) in [7, 11) is 0. The molecule has 3 heterocycles. The maximum absolute atomic E-state index is 5.86. The van der Waals surface area contributed by atoms with E-state index in [1.165, 1.54) is 80.4 Å². The zero-order valence-corrected chi connectivity index (χ0v) is 32.3. The molecule has 266 valence electrons. The van der Waals surface area contributed by atoms with Crippen LogP contribution in [0.2, 0.25) is 0 Å². The number of fused-ring (bicyclic) bond motifs is 18. The standard InChI is InChI=1S/C53H33N3S/c1-53(2)40-23-11-9-20-37(40)49-51(53)54-50(39-22-13-25-44-45(39)38-21-10-12-24-43(38)57-44)52(55-49)56-41-28-26-30-14-3-4-15-31(30)47(41)48-42(56)29-27-36-34-18-6-5-16-32(34)33-17-7-8-19-35(33)46(36)48/h3-12,14-21,23-26,28H,27,29H2,1-2H3. The van der Waals surface area contributed by atoms with Gasteiger partial charge in [0.25, 0.3) is 0 Å². The first-order valence-corrected chi connectivity index (χ1v) is 20.6. The predicted octanol–water partition coefficient (Wildman–Crippen LogP) is 13.6. The van der Waals surface area contributed by atoms with Crippen LogP contribution < -0.4 is 0 Å². The molecule has 0 saturated heterocycles. The third kappa shape index (κ3) is 4.07. The predicted molar refractivity (Wildman–Crippen MR) is 238 cm³/mol. The Labute approximate surface area is 333 Å². The Morgan fingerprint density at radius 2 is 1.30 bits per heavy atom. The summed E-state index contributed by atoms with van der Waals surface area (Å²) in [5.74, 6) is 0.851. The Morgan fingerprint density at radius 1 is 0.596 bits per heavy atom. The van der Waals surface area contributed by atoms with Gasteiger partial charge in [-0.1, -0.05) is 147 Å². The van der Waals surface area contributed by atoms with Crippen LogP contribution >= 0.6 is 11.3 Å². The molecule has 57 heavy (non-hydrogen) atoms. The normalized spacial score (nSPS) is 14.0. The number of aromatic nitrogens is 3. The minimum atomic E-state index is -0.326. The van der Waals surface area contributed by atoms with Crippen molar-refractivity contribution in [3.8, 4) is 39.5 Å². The summed E-state index contributed by atoms with van der Waals surface area (Å²) in [5.41, 5.74) is 12.4. The van der Waals surface area contributed by atoms with E-state index in [0.717, 1.165) is 57.8 Å². The highest BCUT2D eigenvalue weighted by molar-refractivity contribution is 7.25. The minimum Gasteiger partial charge on any atom is -0.296 e. The zero-order valence-electron chi connectivity index (χ0n) is 31.4. The van der Waals surface area contributed by atoms with Crippen molar-refractivity contribution in [1.29, 1.82) is 0 Å². The van der Waals surface area contributed by atoms with E-state index in [1.807, 2.05) is 0 Å². The fourth-order valence-corrected chi connectivity index (χ4v) is 11.5. The Kier molecular flexibility index (Phi) is 6.15. The van der Waals surface area contributed by atoms with Crippen LogP contribution in [0.3, 0.4) is 0 Å². The van der Waals surface area contributed by atoms with E-state index < -0.39 is 0 Å². The van der Waals surface area contributed by atoms with Gasteiger partial charge in [0.2, 0.25) is 0 Å². The van der Waals surface area contributed by atoms with Crippen LogP contribution in [0.15, 0.2) is 140 Å². The molecule has 0 amide bonds. The fourth-order valence-electron chi connectivity index (χ4n) is 10.4. The zero-order chi connectivity index (χ0) is 37.6. The summed E-state index contributed by atoms with van der Waals surface area (Å²) < 4.78 is 4.91. The van der Waals surface area contributed by atoms with E-state index in [9.17, 15) is 0 Å². The summed E-state index contributed by atoms with van der Waals surface area (Å²) in [6.07, 6.45) is 1.80. The first kappa shape index (κ1) is 31.4. The molecule has 11 aromatic rings. The van der Waals surface area contributed by atoms with Crippen molar-refractivity contribution in [2.24, 2.45) is 0 Å². The van der Waals surface area contributed by atoms with Gasteiger partial charge in [0, 0.05) is 53.9 Å². The smallest absolute Gasteiger partial charge is 0.165 e. The Morgan fingerprint density at radius 3 is 2.16 bits per heavy atom. The Balaban J connectivity index is 1.23. The highest BCUT2D eigenvalue weighted by Gasteiger charge is 2.40. The fraction of sp³-hybridized carbons (Fsp3) is 0.0943. The number of nitrogens with zero attached hydrogens (tertiary/aromatic N) is 3. The second kappa shape index (κ2) is 11.2. The number of hydrogen-bond acceptors (Lipinski definition) is 3. The van der Waals surface area contributed by atoms with Crippen LogP contribution in [-0.4, -0.2) is 14.5 Å². The van der Waals surface area contributed by atoms with Crippen molar-refractivity contribution in [2.45, 2.75) is 32.1 Å². The van der Waals surface area contributed by atoms with Crippen LogP contribution in [0.25, 0.3) is 103 Å². The van der Waals surface area contributed by atoms with Crippen molar-refractivity contribution < 1.29 is 0 Å². The second-order valence-corrected chi connectivity index (χ2v) is 17.3. The van der Waals surface area contributed by atoms with E-state index in [-0.39, 0.29) is 5.41 Å². The van der Waals surface area contributed by atoms with Crippen molar-refractivity contribution in [1.82, 2.24) is 14.5 Å². The molecule has 0 aliphatic heterocycles. The molecule has 8 aromatic carbocycles. The minimum absolute atomic E-state index is 0.326. The van der Waals surface area contributed by atoms with Gasteiger partial charge in [0.05, 0.1) is 22.5 Å². The van der Waals surface area contributed by atoms with E-state index in [1.54, 1.807) is 11.3 Å². The van der Waals surface area contributed by atoms with Gasteiger partial charge in [-0.05, 0) is 74.0 Å². The van der Waals surface area contributed by atoms with Gasteiger partial charge in [0.15, 0.2) is 5.82 Å². The summed E-state index contributed by atoms with van der Waals surface area (Å²) in [4.78, 5) is 11.7. The first-order valence-electron chi connectivity index (χ1n) is 19.8. The van der Waals surface area contributed by atoms with Gasteiger partial charge in [-0.2, -0.15) is 0 Å². The molecule has 0 N–H and O–H groups in total. The molecule has 0 saturated carbocycles. The maximum Gasteiger partial charge on any atom is 0.165 e. The molecule has 0 unspecified atom stereocenters. The van der Waals surface area contributed by atoms with E-state index in [4.69, 9.17) is 9.97 Å². The molecule has 2 aliphatic carbocycles. The van der Waals surface area contributed by atoms with E-state index in [2.05, 4.69) is 170 Å². The van der Waals surface area contributed by atoms with Gasteiger partial charge >= 0.3 is 0 Å². The topological polar surface area (TPSA) is 30.7 Å². The molecule has 0 spiro atoms. The highest BCUT2D eigenvalue weighted by atomic mass is 32.1. The average Bonchev–Trinajstić information content (AvgIpc) is 3.89. The summed E-state index contributed by atoms with van der Waals surface area (Å²) in [5, 5.41) is 11.4. The van der Waals surface area contributed by atoms with Gasteiger partial charge < -0.3 is 0 Å². The third-order valence-corrected chi connectivity index (χ3v) is 14.0. The molecule has 3 nitrogen and oxygen atoms in total. The van der Waals surface area contributed by atoms with Crippen LogP contribution in [0.4, 0.5) is 0 Å². The average molecular weight is 744 g/mol. The lowest BCUT2D eigenvalue weighted by atomic mass is 9.81. The number of rotatable bonds is 2. The first-order chi connectivity index (χ1) is 28.1. The maximum atomic E-state index is 5.86. The monoisotopic (exact) mass is 743 g/mol. The molecule has 0 atom stereocenters. The van der Waals surface area contributed by atoms with Crippen LogP contribution in [-0.2, 0) is 18.3 Å². The van der Waals surface area contributed by atoms with E-state index >= 15 is 0 Å². The highest BCUT2D eigenvalue weighted by Crippen LogP contribution is 2.53. The summed E-state index contributed by atoms with van der Waals surface area (Å²) in [6, 6.07) is 58.0. The Bertz CT molecular complexity index is 3560. The molecule has 2 aliphatic rings. The lowest BCUT2D eigenvalue weighted by Gasteiger charge is -2.25. The summed E-state index contributed by atoms with van der Waals surface area (Å²) in [6.45, 7) is 4.58. The molecular formula is C53H33N3S. The van der Waals surface area contributed by atoms with Crippen molar-refractivity contribution in [3.05, 3.63) is 174 Å². The van der Waals surface area contributed by atoms with Crippen molar-refractivity contribution >= 4 is 74.7 Å². The quantitative estimate of drug-likeness (QED) is 0.165. The number of benzene rings is 7. The van der Waals surface area contributed by atoms with Crippen LogP contribution in [0.1, 0.15) is 36.4 Å². The number of aryl methyl sites for hydroxylation is 1. The number of thiophene rings is 1. The third-order valence-electron chi connectivity index (χ3n) is 12.9. The lowest BCUT2D eigenvalue weighted by Crippen LogP contribution is -2.19. The van der Waals surface area contributed by atoms with Crippen LogP contribution in [0, 0.1) is 12.1 Å². The SMILES string of the molecule is CC1(C)c2ccccc2-c2nc(-n3c4c(c5c6ccccc6ccc53)-c3c(c5ccccc5c5ccccc35)CC4)c(-c3c#ccc4sc5ccccc5c34)nc21. The molecule has 0 bridgehead atoms. The Hall–Kier alpha value is -6.80. The van der Waals surface area contributed by atoms with Gasteiger partial charge in [-0.3, -0.25) is 4.57 Å². The lowest BCUT2D eigenvalue weighted by molar-refractivity contribution is 0.635. The molecular weight excluding hydrogens is 711 g/mol. The van der Waals surface area contributed by atoms with Crippen LogP contribution in [0.5, 0.6) is 0 Å². The second-order valence-electron chi connectivity index (χ2n) is 16.2. The van der Waals surface area contributed by atoms with Crippen molar-refractivity contribution in [2.75, 3.05) is 0 Å². The molecule has 0 fully saturated rings. The van der Waals surface area contributed by atoms with Gasteiger partial charge in [0.1, 0.15) is 5.69 Å². The van der Waals surface area contributed by atoms with Gasteiger partial charge in [-0.25, -0.2) is 9.97 Å². The van der Waals surface area contributed by atoms with E-state index in [0.29, 0.717) is 0 Å². The summed E-state index contributed by atoms with van der Waals surface area (Å²) >= 11 is 1.80. The molecule has 13 rings (SSSR count). The van der Waals surface area contributed by atoms with Gasteiger partial charge in [-0.15, -0.1) is 11.3 Å². The molecule has 3 aromatic heterocycles. The molecule has 0 radical (unpaired) electrons.